The van der Waals surface area contributed by atoms with Gasteiger partial charge in [-0.05, 0) is 42.0 Å². The SMILES string of the molecule is COC1(c2cc(F)cc(Sc3ccc4c(c3)OCC(=O)N4C)c2)CCOCC1. The lowest BCUT2D eigenvalue weighted by Crippen LogP contribution is -2.35. The van der Waals surface area contributed by atoms with Crippen LogP contribution in [0.15, 0.2) is 46.2 Å². The van der Waals surface area contributed by atoms with Crippen LogP contribution in [0.2, 0.25) is 0 Å². The highest BCUT2D eigenvalue weighted by Crippen LogP contribution is 2.41. The molecule has 0 unspecified atom stereocenters. The largest absolute Gasteiger partial charge is 0.482 e. The van der Waals surface area contributed by atoms with E-state index in [1.54, 1.807) is 25.1 Å². The molecule has 4 rings (SSSR count). The molecule has 0 aliphatic carbocycles. The standard InChI is InChI=1S/C21H22FNO4S/c1-23-18-4-3-16(12-19(18)27-13-20(23)24)28-17-10-14(9-15(22)11-17)21(25-2)5-7-26-8-6-21/h3-4,9-12H,5-8,13H2,1-2H3. The number of fused-ring (bicyclic) bond motifs is 1. The Kier molecular flexibility index (Phi) is 5.31. The summed E-state index contributed by atoms with van der Waals surface area (Å²) in [4.78, 5) is 15.0. The zero-order valence-corrected chi connectivity index (χ0v) is 16.7. The maximum atomic E-state index is 14.4. The molecule has 7 heteroatoms. The van der Waals surface area contributed by atoms with Crippen LogP contribution in [-0.4, -0.2) is 39.9 Å². The number of hydrogen-bond donors (Lipinski definition) is 0. The van der Waals surface area contributed by atoms with E-state index < -0.39 is 5.60 Å². The second-order valence-electron chi connectivity index (χ2n) is 6.96. The van der Waals surface area contributed by atoms with Crippen molar-refractivity contribution in [1.82, 2.24) is 0 Å². The summed E-state index contributed by atoms with van der Waals surface area (Å²) in [5, 5.41) is 0. The zero-order chi connectivity index (χ0) is 19.7. The number of halogens is 1. The van der Waals surface area contributed by atoms with Gasteiger partial charge in [0, 0.05) is 50.0 Å². The van der Waals surface area contributed by atoms with Gasteiger partial charge >= 0.3 is 0 Å². The van der Waals surface area contributed by atoms with E-state index in [0.29, 0.717) is 31.8 Å². The molecule has 1 amide bonds. The first-order valence-corrected chi connectivity index (χ1v) is 9.98. The first kappa shape index (κ1) is 19.2. The zero-order valence-electron chi connectivity index (χ0n) is 15.9. The molecule has 1 fully saturated rings. The molecule has 2 aromatic carbocycles. The average molecular weight is 403 g/mol. The predicted octanol–water partition coefficient (Wildman–Crippen LogP) is 3.98. The van der Waals surface area contributed by atoms with Crippen LogP contribution >= 0.6 is 11.8 Å². The van der Waals surface area contributed by atoms with E-state index in [0.717, 1.165) is 21.0 Å². The van der Waals surface area contributed by atoms with Gasteiger partial charge in [-0.15, -0.1) is 0 Å². The molecule has 28 heavy (non-hydrogen) atoms. The van der Waals surface area contributed by atoms with Crippen LogP contribution in [0.5, 0.6) is 5.75 Å². The molecule has 0 N–H and O–H groups in total. The smallest absolute Gasteiger partial charge is 0.264 e. The summed E-state index contributed by atoms with van der Waals surface area (Å²) in [5.74, 6) is 0.285. The third-order valence-corrected chi connectivity index (χ3v) is 6.30. The fraction of sp³-hybridized carbons (Fsp3) is 0.381. The second kappa shape index (κ2) is 7.73. The van der Waals surface area contributed by atoms with Crippen molar-refractivity contribution in [3.8, 4) is 5.75 Å². The molecule has 1 saturated heterocycles. The Labute approximate surface area is 167 Å². The van der Waals surface area contributed by atoms with Crippen LogP contribution in [0.25, 0.3) is 0 Å². The number of methoxy groups -OCH3 is 1. The highest BCUT2D eigenvalue weighted by molar-refractivity contribution is 7.99. The summed E-state index contributed by atoms with van der Waals surface area (Å²) in [6.45, 7) is 1.22. The third kappa shape index (κ3) is 3.62. The number of carbonyl (C=O) groups is 1. The Morgan fingerprint density at radius 3 is 2.68 bits per heavy atom. The van der Waals surface area contributed by atoms with E-state index in [1.807, 2.05) is 24.3 Å². The van der Waals surface area contributed by atoms with Gasteiger partial charge in [-0.1, -0.05) is 11.8 Å². The minimum absolute atomic E-state index is 0.0279. The monoisotopic (exact) mass is 403 g/mol. The van der Waals surface area contributed by atoms with E-state index in [9.17, 15) is 9.18 Å². The van der Waals surface area contributed by atoms with Crippen LogP contribution in [0, 0.1) is 5.82 Å². The fourth-order valence-corrected chi connectivity index (χ4v) is 4.59. The van der Waals surface area contributed by atoms with Gasteiger partial charge in [0.05, 0.1) is 11.3 Å². The molecule has 2 aliphatic heterocycles. The van der Waals surface area contributed by atoms with E-state index >= 15 is 0 Å². The van der Waals surface area contributed by atoms with Crippen molar-refractivity contribution < 1.29 is 23.4 Å². The Morgan fingerprint density at radius 1 is 1.14 bits per heavy atom. The molecular weight excluding hydrogens is 381 g/mol. The van der Waals surface area contributed by atoms with Crippen molar-refractivity contribution >= 4 is 23.4 Å². The summed E-state index contributed by atoms with van der Waals surface area (Å²) in [5.41, 5.74) is 1.05. The average Bonchev–Trinajstić information content (AvgIpc) is 2.71. The van der Waals surface area contributed by atoms with E-state index in [4.69, 9.17) is 14.2 Å². The lowest BCUT2D eigenvalue weighted by molar-refractivity contribution is -0.121. The number of benzene rings is 2. The Bertz CT molecular complexity index is 898. The topological polar surface area (TPSA) is 48.0 Å². The van der Waals surface area contributed by atoms with Gasteiger partial charge in [-0.3, -0.25) is 4.79 Å². The molecule has 2 heterocycles. The summed E-state index contributed by atoms with van der Waals surface area (Å²) in [6, 6.07) is 10.7. The maximum Gasteiger partial charge on any atom is 0.264 e. The van der Waals surface area contributed by atoms with Gasteiger partial charge < -0.3 is 19.1 Å². The van der Waals surface area contributed by atoms with Crippen LogP contribution in [0.1, 0.15) is 18.4 Å². The van der Waals surface area contributed by atoms with E-state index in [2.05, 4.69) is 0 Å². The number of likely N-dealkylation sites (N-methyl/N-ethyl adjacent to an activating group) is 1. The molecule has 0 saturated carbocycles. The van der Waals surface area contributed by atoms with Gasteiger partial charge in [0.1, 0.15) is 11.6 Å². The molecule has 0 spiro atoms. The minimum atomic E-state index is -0.516. The number of hydrogen-bond acceptors (Lipinski definition) is 5. The van der Waals surface area contributed by atoms with Crippen molar-refractivity contribution in [1.29, 1.82) is 0 Å². The summed E-state index contributed by atoms with van der Waals surface area (Å²) >= 11 is 1.45. The molecule has 0 radical (unpaired) electrons. The van der Waals surface area contributed by atoms with Crippen LogP contribution in [0.4, 0.5) is 10.1 Å². The lowest BCUT2D eigenvalue weighted by Gasteiger charge is -2.36. The van der Waals surface area contributed by atoms with Crippen LogP contribution < -0.4 is 9.64 Å². The molecule has 0 atom stereocenters. The quantitative estimate of drug-likeness (QED) is 0.773. The molecule has 0 aromatic heterocycles. The number of carbonyl (C=O) groups excluding carboxylic acids is 1. The second-order valence-corrected chi connectivity index (χ2v) is 8.11. The molecule has 5 nitrogen and oxygen atoms in total. The van der Waals surface area contributed by atoms with Crippen LogP contribution in [0.3, 0.4) is 0 Å². The van der Waals surface area contributed by atoms with Gasteiger partial charge in [0.25, 0.3) is 5.91 Å². The number of rotatable bonds is 4. The highest BCUT2D eigenvalue weighted by Gasteiger charge is 2.35. The lowest BCUT2D eigenvalue weighted by atomic mass is 9.86. The Hall–Kier alpha value is -2.09. The normalized spacial score (nSPS) is 18.5. The molecule has 0 bridgehead atoms. The maximum absolute atomic E-state index is 14.4. The predicted molar refractivity (Wildman–Crippen MR) is 105 cm³/mol. The van der Waals surface area contributed by atoms with E-state index in [-0.39, 0.29) is 18.3 Å². The Balaban J connectivity index is 1.62. The van der Waals surface area contributed by atoms with Gasteiger partial charge in [-0.25, -0.2) is 4.39 Å². The number of amides is 1. The number of nitrogens with zero attached hydrogens (tertiary/aromatic N) is 1. The first-order chi connectivity index (χ1) is 13.5. The Morgan fingerprint density at radius 2 is 1.93 bits per heavy atom. The molecule has 2 aliphatic rings. The molecule has 2 aromatic rings. The van der Waals surface area contributed by atoms with Crippen molar-refractivity contribution in [2.45, 2.75) is 28.2 Å². The fourth-order valence-electron chi connectivity index (χ4n) is 3.65. The number of ether oxygens (including phenoxy) is 3. The van der Waals surface area contributed by atoms with Crippen molar-refractivity contribution in [2.24, 2.45) is 0 Å². The summed E-state index contributed by atoms with van der Waals surface area (Å²) in [7, 11) is 3.40. The summed E-state index contributed by atoms with van der Waals surface area (Å²) < 4.78 is 31.2. The van der Waals surface area contributed by atoms with Gasteiger partial charge in [0.2, 0.25) is 0 Å². The number of anilines is 1. The van der Waals surface area contributed by atoms with Gasteiger partial charge in [0.15, 0.2) is 6.61 Å². The third-order valence-electron chi connectivity index (χ3n) is 5.34. The van der Waals surface area contributed by atoms with Gasteiger partial charge in [-0.2, -0.15) is 0 Å². The van der Waals surface area contributed by atoms with E-state index in [1.165, 1.54) is 17.8 Å². The molecule has 148 valence electrons. The van der Waals surface area contributed by atoms with Crippen molar-refractivity contribution in [3.05, 3.63) is 47.8 Å². The van der Waals surface area contributed by atoms with Crippen molar-refractivity contribution in [3.63, 3.8) is 0 Å². The summed E-state index contributed by atoms with van der Waals surface area (Å²) in [6.07, 6.45) is 1.40. The molecular formula is C21H22FNO4S. The first-order valence-electron chi connectivity index (χ1n) is 9.16. The minimum Gasteiger partial charge on any atom is -0.482 e. The van der Waals surface area contributed by atoms with Crippen molar-refractivity contribution in [2.75, 3.05) is 38.9 Å². The highest BCUT2D eigenvalue weighted by atomic mass is 32.2. The van der Waals surface area contributed by atoms with Crippen LogP contribution in [-0.2, 0) is 19.9 Å².